The molecule has 2 atom stereocenters. The van der Waals surface area contributed by atoms with Crippen LogP contribution in [-0.2, 0) is 6.42 Å². The number of rotatable bonds is 0. The third-order valence-corrected chi connectivity index (χ3v) is 3.14. The van der Waals surface area contributed by atoms with Crippen LogP contribution >= 0.6 is 11.6 Å². The van der Waals surface area contributed by atoms with Crippen LogP contribution in [0.3, 0.4) is 0 Å². The standard InChI is InChI=1S/C10H10ClF/c1-6-5-8-7(10(6)11)3-2-4-9(8)12/h2-4,6,10H,5H2,1H3. The quantitative estimate of drug-likeness (QED) is 0.543. The van der Waals surface area contributed by atoms with Crippen LogP contribution < -0.4 is 0 Å². The largest absolute Gasteiger partial charge is 0.207 e. The van der Waals surface area contributed by atoms with Gasteiger partial charge < -0.3 is 0 Å². The Kier molecular flexibility index (Phi) is 1.84. The van der Waals surface area contributed by atoms with Crippen LogP contribution in [0.2, 0.25) is 0 Å². The molecule has 0 saturated heterocycles. The van der Waals surface area contributed by atoms with Crippen molar-refractivity contribution in [3.8, 4) is 0 Å². The third-order valence-electron chi connectivity index (χ3n) is 2.48. The molecule has 1 aromatic rings. The van der Waals surface area contributed by atoms with E-state index in [4.69, 9.17) is 11.6 Å². The minimum Gasteiger partial charge on any atom is -0.207 e. The Morgan fingerprint density at radius 2 is 2.25 bits per heavy atom. The summed E-state index contributed by atoms with van der Waals surface area (Å²) in [6, 6.07) is 5.14. The molecule has 0 radical (unpaired) electrons. The molecule has 0 aromatic heterocycles. The molecular weight excluding hydrogens is 175 g/mol. The summed E-state index contributed by atoms with van der Waals surface area (Å²) in [4.78, 5) is 0. The van der Waals surface area contributed by atoms with Gasteiger partial charge in [-0.2, -0.15) is 0 Å². The second kappa shape index (κ2) is 2.74. The smallest absolute Gasteiger partial charge is 0.126 e. The van der Waals surface area contributed by atoms with E-state index in [2.05, 4.69) is 6.92 Å². The monoisotopic (exact) mass is 184 g/mol. The van der Waals surface area contributed by atoms with Crippen molar-refractivity contribution in [2.45, 2.75) is 18.7 Å². The highest BCUT2D eigenvalue weighted by Crippen LogP contribution is 2.41. The summed E-state index contributed by atoms with van der Waals surface area (Å²) in [5, 5.41) is -0.00398. The van der Waals surface area contributed by atoms with Crippen LogP contribution in [0.1, 0.15) is 23.4 Å². The highest BCUT2D eigenvalue weighted by atomic mass is 35.5. The summed E-state index contributed by atoms with van der Waals surface area (Å²) in [7, 11) is 0. The fraction of sp³-hybridized carbons (Fsp3) is 0.400. The van der Waals surface area contributed by atoms with Gasteiger partial charge in [0.25, 0.3) is 0 Å². The lowest BCUT2D eigenvalue weighted by molar-refractivity contribution is 0.580. The van der Waals surface area contributed by atoms with Gasteiger partial charge in [0, 0.05) is 0 Å². The summed E-state index contributed by atoms with van der Waals surface area (Å²) < 4.78 is 13.2. The van der Waals surface area contributed by atoms with Crippen LogP contribution in [0.5, 0.6) is 0 Å². The van der Waals surface area contributed by atoms with Crippen LogP contribution in [0, 0.1) is 11.7 Å². The first-order valence-electron chi connectivity index (χ1n) is 4.11. The van der Waals surface area contributed by atoms with Crippen molar-refractivity contribution in [1.29, 1.82) is 0 Å². The zero-order valence-electron chi connectivity index (χ0n) is 6.85. The van der Waals surface area contributed by atoms with Gasteiger partial charge in [-0.3, -0.25) is 0 Å². The Bertz CT molecular complexity index is 309. The molecular formula is C10H10ClF. The molecule has 0 fully saturated rings. The van der Waals surface area contributed by atoms with Gasteiger partial charge in [-0.1, -0.05) is 19.1 Å². The van der Waals surface area contributed by atoms with E-state index >= 15 is 0 Å². The minimum atomic E-state index is -0.109. The maximum atomic E-state index is 13.2. The average Bonchev–Trinajstić information content (AvgIpc) is 2.32. The molecule has 64 valence electrons. The van der Waals surface area contributed by atoms with E-state index in [0.717, 1.165) is 17.5 Å². The van der Waals surface area contributed by atoms with E-state index in [0.29, 0.717) is 5.92 Å². The minimum absolute atomic E-state index is 0.00398. The van der Waals surface area contributed by atoms with Gasteiger partial charge in [0.05, 0.1) is 5.38 Å². The molecule has 2 unspecified atom stereocenters. The van der Waals surface area contributed by atoms with Gasteiger partial charge in [0.2, 0.25) is 0 Å². The molecule has 0 N–H and O–H groups in total. The van der Waals surface area contributed by atoms with Crippen LogP contribution in [0.25, 0.3) is 0 Å². The van der Waals surface area contributed by atoms with E-state index in [1.165, 1.54) is 6.07 Å². The Balaban J connectivity index is 2.53. The first-order valence-corrected chi connectivity index (χ1v) is 4.55. The summed E-state index contributed by atoms with van der Waals surface area (Å²) in [5.41, 5.74) is 1.79. The first-order chi connectivity index (χ1) is 5.70. The number of fused-ring (bicyclic) bond motifs is 1. The maximum absolute atomic E-state index is 13.2. The van der Waals surface area contributed by atoms with E-state index in [9.17, 15) is 4.39 Å². The molecule has 2 heteroatoms. The van der Waals surface area contributed by atoms with Crippen molar-refractivity contribution in [2.75, 3.05) is 0 Å². The van der Waals surface area contributed by atoms with Crippen molar-refractivity contribution in [3.05, 3.63) is 35.1 Å². The van der Waals surface area contributed by atoms with Crippen molar-refractivity contribution in [3.63, 3.8) is 0 Å². The maximum Gasteiger partial charge on any atom is 0.126 e. The molecule has 0 aliphatic heterocycles. The Hall–Kier alpha value is -0.560. The molecule has 0 heterocycles. The first kappa shape index (κ1) is 8.06. The summed E-state index contributed by atoms with van der Waals surface area (Å²) in [5.74, 6) is 0.251. The van der Waals surface area contributed by atoms with E-state index in [1.807, 2.05) is 6.07 Å². The fourth-order valence-electron chi connectivity index (χ4n) is 1.78. The SMILES string of the molecule is CC1Cc2c(F)cccc2C1Cl. The van der Waals surface area contributed by atoms with E-state index < -0.39 is 0 Å². The Labute approximate surface area is 76.4 Å². The zero-order chi connectivity index (χ0) is 8.72. The van der Waals surface area contributed by atoms with Crippen molar-refractivity contribution in [1.82, 2.24) is 0 Å². The molecule has 0 spiro atoms. The average molecular weight is 185 g/mol. The lowest BCUT2D eigenvalue weighted by atomic mass is 10.1. The lowest BCUT2D eigenvalue weighted by Crippen LogP contribution is -1.94. The summed E-state index contributed by atoms with van der Waals surface area (Å²) in [6.45, 7) is 2.05. The second-order valence-corrected chi connectivity index (χ2v) is 3.86. The van der Waals surface area contributed by atoms with Gasteiger partial charge in [0.1, 0.15) is 5.82 Å². The topological polar surface area (TPSA) is 0 Å². The molecule has 1 aliphatic carbocycles. The molecule has 1 aliphatic rings. The predicted molar refractivity (Wildman–Crippen MR) is 47.9 cm³/mol. The number of benzene rings is 1. The molecule has 0 amide bonds. The number of hydrogen-bond acceptors (Lipinski definition) is 0. The molecule has 2 rings (SSSR count). The second-order valence-electron chi connectivity index (χ2n) is 3.39. The lowest BCUT2D eigenvalue weighted by Gasteiger charge is -2.05. The molecule has 0 nitrogen and oxygen atoms in total. The van der Waals surface area contributed by atoms with Crippen molar-refractivity contribution in [2.24, 2.45) is 5.92 Å². The van der Waals surface area contributed by atoms with Gasteiger partial charge in [0.15, 0.2) is 0 Å². The van der Waals surface area contributed by atoms with Crippen LogP contribution in [-0.4, -0.2) is 0 Å². The van der Waals surface area contributed by atoms with Crippen LogP contribution in [0.15, 0.2) is 18.2 Å². The normalized spacial score (nSPS) is 27.2. The molecule has 12 heavy (non-hydrogen) atoms. The van der Waals surface area contributed by atoms with Gasteiger partial charge in [-0.05, 0) is 29.5 Å². The number of hydrogen-bond donors (Lipinski definition) is 0. The number of alkyl halides is 1. The molecule has 0 bridgehead atoms. The van der Waals surface area contributed by atoms with Gasteiger partial charge >= 0.3 is 0 Å². The van der Waals surface area contributed by atoms with Gasteiger partial charge in [-0.15, -0.1) is 11.6 Å². The fourth-order valence-corrected chi connectivity index (χ4v) is 2.07. The third kappa shape index (κ3) is 1.04. The van der Waals surface area contributed by atoms with Crippen LogP contribution in [0.4, 0.5) is 4.39 Å². The Morgan fingerprint density at radius 1 is 1.50 bits per heavy atom. The van der Waals surface area contributed by atoms with Crippen molar-refractivity contribution >= 4 is 11.6 Å². The zero-order valence-corrected chi connectivity index (χ0v) is 7.61. The highest BCUT2D eigenvalue weighted by molar-refractivity contribution is 6.21. The summed E-state index contributed by atoms with van der Waals surface area (Å²) in [6.07, 6.45) is 0.774. The summed E-state index contributed by atoms with van der Waals surface area (Å²) >= 11 is 6.10. The highest BCUT2D eigenvalue weighted by Gasteiger charge is 2.29. The van der Waals surface area contributed by atoms with Crippen molar-refractivity contribution < 1.29 is 4.39 Å². The van der Waals surface area contributed by atoms with E-state index in [1.54, 1.807) is 6.07 Å². The van der Waals surface area contributed by atoms with E-state index in [-0.39, 0.29) is 11.2 Å². The van der Waals surface area contributed by atoms with Gasteiger partial charge in [-0.25, -0.2) is 4.39 Å². The molecule has 1 aromatic carbocycles. The predicted octanol–water partition coefficient (Wildman–Crippen LogP) is 3.30. The Morgan fingerprint density at radius 3 is 2.92 bits per heavy atom. The number of halogens is 2. The molecule has 0 saturated carbocycles.